The molecule has 0 bridgehead atoms. The van der Waals surface area contributed by atoms with Crippen LogP contribution in [-0.4, -0.2) is 0 Å². The van der Waals surface area contributed by atoms with Gasteiger partial charge in [0.2, 0.25) is 0 Å². The van der Waals surface area contributed by atoms with Gasteiger partial charge in [-0.1, -0.05) is 38.0 Å². The van der Waals surface area contributed by atoms with Crippen LogP contribution in [0.3, 0.4) is 0 Å². The van der Waals surface area contributed by atoms with Crippen molar-refractivity contribution in [1.29, 1.82) is 0 Å². The molecule has 10 heavy (non-hydrogen) atoms. The van der Waals surface area contributed by atoms with E-state index in [2.05, 4.69) is 25.8 Å². The highest BCUT2D eigenvalue weighted by Crippen LogP contribution is 1.97. The van der Waals surface area contributed by atoms with Crippen molar-refractivity contribution in [3.8, 4) is 12.3 Å². The number of rotatable bonds is 3. The summed E-state index contributed by atoms with van der Waals surface area (Å²) in [6.07, 6.45) is 13.3. The first-order valence-corrected chi connectivity index (χ1v) is 3.67. The zero-order valence-corrected chi connectivity index (χ0v) is 6.72. The predicted octanol–water partition coefficient (Wildman–Crippen LogP) is 2.92. The molecule has 0 spiro atoms. The Balaban J connectivity index is 3.89. The van der Waals surface area contributed by atoms with Gasteiger partial charge in [0.05, 0.1) is 0 Å². The first kappa shape index (κ1) is 9.04. The Labute approximate surface area is 63.6 Å². The van der Waals surface area contributed by atoms with Crippen LogP contribution in [-0.2, 0) is 0 Å². The van der Waals surface area contributed by atoms with Crippen LogP contribution in [0.5, 0.6) is 0 Å². The SMILES string of the molecule is C#C/C(=C\C=C/CC)CC. The Hall–Kier alpha value is -0.960. The molecule has 0 saturated carbocycles. The van der Waals surface area contributed by atoms with Crippen LogP contribution in [0, 0.1) is 12.3 Å². The van der Waals surface area contributed by atoms with Crippen LogP contribution in [0.15, 0.2) is 23.8 Å². The molecule has 0 atom stereocenters. The van der Waals surface area contributed by atoms with E-state index in [1.165, 1.54) is 0 Å². The topological polar surface area (TPSA) is 0 Å². The molecule has 0 rings (SSSR count). The second kappa shape index (κ2) is 6.16. The number of allylic oxidation sites excluding steroid dienone is 4. The first-order valence-electron chi connectivity index (χ1n) is 3.67. The lowest BCUT2D eigenvalue weighted by Crippen LogP contribution is -1.70. The first-order chi connectivity index (χ1) is 4.85. The maximum absolute atomic E-state index is 5.21. The number of hydrogen-bond acceptors (Lipinski definition) is 0. The van der Waals surface area contributed by atoms with Gasteiger partial charge in [0.25, 0.3) is 0 Å². The molecule has 0 aliphatic rings. The molecule has 0 unspecified atom stereocenters. The molecule has 54 valence electrons. The standard InChI is InChI=1S/C10H14/c1-4-7-8-9-10(5-2)6-3/h2,7-9H,4,6H2,1,3H3/b8-7-,10-9+. The minimum absolute atomic E-state index is 0.949. The summed E-state index contributed by atoms with van der Waals surface area (Å²) in [7, 11) is 0. The Morgan fingerprint density at radius 2 is 2.20 bits per heavy atom. The minimum Gasteiger partial charge on any atom is -0.115 e. The van der Waals surface area contributed by atoms with Gasteiger partial charge in [0, 0.05) is 5.57 Å². The normalized spacial score (nSPS) is 11.9. The van der Waals surface area contributed by atoms with Gasteiger partial charge in [0.1, 0.15) is 0 Å². The van der Waals surface area contributed by atoms with Gasteiger partial charge in [-0.3, -0.25) is 0 Å². The van der Waals surface area contributed by atoms with Crippen LogP contribution in [0.1, 0.15) is 26.7 Å². The van der Waals surface area contributed by atoms with E-state index in [4.69, 9.17) is 6.42 Å². The summed E-state index contributed by atoms with van der Waals surface area (Å²) < 4.78 is 0. The number of hydrogen-bond donors (Lipinski definition) is 0. The van der Waals surface area contributed by atoms with E-state index in [0.29, 0.717) is 0 Å². The Morgan fingerprint density at radius 1 is 1.50 bits per heavy atom. The zero-order chi connectivity index (χ0) is 7.82. The van der Waals surface area contributed by atoms with E-state index in [-0.39, 0.29) is 0 Å². The predicted molar refractivity (Wildman–Crippen MR) is 46.6 cm³/mol. The quantitative estimate of drug-likeness (QED) is 0.411. The Kier molecular flexibility index (Phi) is 5.57. The average Bonchev–Trinajstić information content (AvgIpc) is 1.99. The third-order valence-electron chi connectivity index (χ3n) is 1.24. The summed E-state index contributed by atoms with van der Waals surface area (Å²) in [4.78, 5) is 0. The van der Waals surface area contributed by atoms with Crippen molar-refractivity contribution in [2.75, 3.05) is 0 Å². The van der Waals surface area contributed by atoms with E-state index in [0.717, 1.165) is 18.4 Å². The van der Waals surface area contributed by atoms with Crippen molar-refractivity contribution in [2.24, 2.45) is 0 Å². The molecule has 0 aromatic rings. The molecule has 0 heteroatoms. The van der Waals surface area contributed by atoms with Crippen molar-refractivity contribution in [3.63, 3.8) is 0 Å². The molecule has 0 aliphatic carbocycles. The van der Waals surface area contributed by atoms with E-state index in [1.807, 2.05) is 12.2 Å². The molecular formula is C10H14. The summed E-state index contributed by atoms with van der Waals surface area (Å²) in [6, 6.07) is 0. The molecule has 0 aromatic heterocycles. The summed E-state index contributed by atoms with van der Waals surface area (Å²) in [6.45, 7) is 4.16. The second-order valence-corrected chi connectivity index (χ2v) is 2.03. The van der Waals surface area contributed by atoms with E-state index in [1.54, 1.807) is 0 Å². The molecule has 0 N–H and O–H groups in total. The maximum atomic E-state index is 5.21. The van der Waals surface area contributed by atoms with E-state index >= 15 is 0 Å². The molecule has 0 nitrogen and oxygen atoms in total. The van der Waals surface area contributed by atoms with Crippen molar-refractivity contribution in [3.05, 3.63) is 23.8 Å². The maximum Gasteiger partial charge on any atom is 0.00147 e. The monoisotopic (exact) mass is 134 g/mol. The van der Waals surface area contributed by atoms with Crippen LogP contribution < -0.4 is 0 Å². The lowest BCUT2D eigenvalue weighted by Gasteiger charge is -1.87. The van der Waals surface area contributed by atoms with Crippen molar-refractivity contribution in [1.82, 2.24) is 0 Å². The lowest BCUT2D eigenvalue weighted by atomic mass is 10.2. The third kappa shape index (κ3) is 3.97. The summed E-state index contributed by atoms with van der Waals surface area (Å²) in [5.74, 6) is 2.62. The lowest BCUT2D eigenvalue weighted by molar-refractivity contribution is 1.16. The van der Waals surface area contributed by atoms with Gasteiger partial charge < -0.3 is 0 Å². The summed E-state index contributed by atoms with van der Waals surface area (Å²) >= 11 is 0. The highest BCUT2D eigenvalue weighted by Gasteiger charge is 1.81. The fourth-order valence-corrected chi connectivity index (χ4v) is 0.588. The zero-order valence-electron chi connectivity index (χ0n) is 6.72. The molecule has 0 radical (unpaired) electrons. The fourth-order valence-electron chi connectivity index (χ4n) is 0.588. The summed E-state index contributed by atoms with van der Waals surface area (Å²) in [5, 5.41) is 0. The van der Waals surface area contributed by atoms with Gasteiger partial charge >= 0.3 is 0 Å². The minimum atomic E-state index is 0.949. The van der Waals surface area contributed by atoms with Crippen LogP contribution in [0.2, 0.25) is 0 Å². The van der Waals surface area contributed by atoms with Crippen molar-refractivity contribution in [2.45, 2.75) is 26.7 Å². The van der Waals surface area contributed by atoms with Crippen LogP contribution in [0.25, 0.3) is 0 Å². The number of terminal acetylenes is 1. The van der Waals surface area contributed by atoms with E-state index < -0.39 is 0 Å². The second-order valence-electron chi connectivity index (χ2n) is 2.03. The Bertz CT molecular complexity index is 165. The molecular weight excluding hydrogens is 120 g/mol. The molecule has 0 heterocycles. The van der Waals surface area contributed by atoms with Crippen molar-refractivity contribution >= 4 is 0 Å². The van der Waals surface area contributed by atoms with Gasteiger partial charge in [-0.05, 0) is 12.8 Å². The fraction of sp³-hybridized carbons (Fsp3) is 0.400. The molecule has 0 saturated heterocycles. The largest absolute Gasteiger partial charge is 0.115 e. The third-order valence-corrected chi connectivity index (χ3v) is 1.24. The molecule has 0 amide bonds. The molecule has 0 aromatic carbocycles. The Morgan fingerprint density at radius 3 is 2.60 bits per heavy atom. The van der Waals surface area contributed by atoms with Crippen LogP contribution in [0.4, 0.5) is 0 Å². The highest BCUT2D eigenvalue weighted by atomic mass is 13.9. The van der Waals surface area contributed by atoms with Gasteiger partial charge in [-0.25, -0.2) is 0 Å². The molecule has 0 aliphatic heterocycles. The smallest absolute Gasteiger partial charge is 0.00147 e. The van der Waals surface area contributed by atoms with Gasteiger partial charge in [-0.15, -0.1) is 6.42 Å². The van der Waals surface area contributed by atoms with Gasteiger partial charge in [0.15, 0.2) is 0 Å². The summed E-state index contributed by atoms with van der Waals surface area (Å²) in [5.41, 5.74) is 1.06. The van der Waals surface area contributed by atoms with Crippen LogP contribution >= 0.6 is 0 Å². The highest BCUT2D eigenvalue weighted by molar-refractivity contribution is 5.28. The average molecular weight is 134 g/mol. The van der Waals surface area contributed by atoms with E-state index in [9.17, 15) is 0 Å². The molecule has 0 fully saturated rings. The van der Waals surface area contributed by atoms with Crippen molar-refractivity contribution < 1.29 is 0 Å². The van der Waals surface area contributed by atoms with Gasteiger partial charge in [-0.2, -0.15) is 0 Å².